The van der Waals surface area contributed by atoms with Crippen LogP contribution in [0.3, 0.4) is 0 Å². The third-order valence-corrected chi connectivity index (χ3v) is 4.56. The van der Waals surface area contributed by atoms with E-state index >= 15 is 0 Å². The summed E-state index contributed by atoms with van der Waals surface area (Å²) in [5.41, 5.74) is 5.20. The van der Waals surface area contributed by atoms with Crippen LogP contribution in [0.15, 0.2) is 9.59 Å². The largest absolute Gasteiger partial charge is 0.383 e. The van der Waals surface area contributed by atoms with Gasteiger partial charge >= 0.3 is 5.69 Å². The molecule has 9 heteroatoms. The summed E-state index contributed by atoms with van der Waals surface area (Å²) in [6, 6.07) is 0.0387. The molecule has 0 aromatic carbocycles. The summed E-state index contributed by atoms with van der Waals surface area (Å²) in [6.45, 7) is 10.8. The van der Waals surface area contributed by atoms with E-state index < -0.39 is 11.2 Å². The maximum absolute atomic E-state index is 12.9. The van der Waals surface area contributed by atoms with Crippen LogP contribution in [0.5, 0.6) is 0 Å². The molecule has 0 radical (unpaired) electrons. The van der Waals surface area contributed by atoms with Gasteiger partial charge in [0.05, 0.1) is 13.2 Å². The molecule has 0 saturated carbocycles. The summed E-state index contributed by atoms with van der Waals surface area (Å²) in [4.78, 5) is 43.4. The molecule has 0 aliphatic heterocycles. The molecule has 0 spiro atoms. The predicted octanol–water partition coefficient (Wildman–Crippen LogP) is 1.02. The third-order valence-electron chi connectivity index (χ3n) is 4.56. The van der Waals surface area contributed by atoms with E-state index in [0.29, 0.717) is 19.7 Å². The number of ether oxygens (including phenoxy) is 1. The van der Waals surface area contributed by atoms with Crippen LogP contribution in [0.25, 0.3) is 0 Å². The summed E-state index contributed by atoms with van der Waals surface area (Å²) in [6.07, 6.45) is 1.63. The van der Waals surface area contributed by atoms with Crippen molar-refractivity contribution in [2.75, 3.05) is 37.4 Å². The van der Waals surface area contributed by atoms with Gasteiger partial charge in [-0.05, 0) is 34.1 Å². The number of nitrogens with one attached hydrogen (secondary N) is 1. The van der Waals surface area contributed by atoms with E-state index in [-0.39, 0.29) is 36.0 Å². The summed E-state index contributed by atoms with van der Waals surface area (Å²) < 4.78 is 6.50. The molecule has 1 rings (SSSR count). The quantitative estimate of drug-likeness (QED) is 0.576. The van der Waals surface area contributed by atoms with Crippen molar-refractivity contribution in [2.45, 2.75) is 66.1 Å². The van der Waals surface area contributed by atoms with Crippen LogP contribution in [-0.2, 0) is 16.1 Å². The minimum absolute atomic E-state index is 0.0194. The topological polar surface area (TPSA) is 114 Å². The minimum Gasteiger partial charge on any atom is -0.383 e. The first kappa shape index (κ1) is 23.7. The Morgan fingerprint density at radius 3 is 2.32 bits per heavy atom. The molecule has 0 saturated heterocycles. The van der Waals surface area contributed by atoms with Gasteiger partial charge in [0.15, 0.2) is 0 Å². The van der Waals surface area contributed by atoms with Crippen LogP contribution in [0.2, 0.25) is 0 Å². The zero-order valence-electron chi connectivity index (χ0n) is 17.9. The Kier molecular flexibility index (Phi) is 9.24. The summed E-state index contributed by atoms with van der Waals surface area (Å²) >= 11 is 0. The standard InChI is InChI=1S/C19H35N5O4/c1-7-8-9-23-17(20)16(18(26)21-19(23)27)22(10-11-28-6)12-15(25)24(13(2)3)14(4)5/h13-14H,7-12,20H2,1-6H3,(H,21,26,27). The Hall–Kier alpha value is -2.29. The molecular formula is C19H35N5O4. The SMILES string of the molecule is CCCCn1c(N)c(N(CCOC)CC(=O)N(C(C)C)C(C)C)c(=O)[nH]c1=O. The molecule has 28 heavy (non-hydrogen) atoms. The van der Waals surface area contributed by atoms with Gasteiger partial charge in [-0.3, -0.25) is 19.1 Å². The molecule has 1 aromatic heterocycles. The van der Waals surface area contributed by atoms with Crippen LogP contribution in [-0.4, -0.2) is 59.2 Å². The molecule has 1 amide bonds. The average molecular weight is 398 g/mol. The number of carbonyl (C=O) groups is 1. The van der Waals surface area contributed by atoms with E-state index in [9.17, 15) is 14.4 Å². The predicted molar refractivity (Wildman–Crippen MR) is 112 cm³/mol. The number of hydrogen-bond donors (Lipinski definition) is 2. The molecule has 160 valence electrons. The van der Waals surface area contributed by atoms with Gasteiger partial charge in [0.25, 0.3) is 5.56 Å². The maximum atomic E-state index is 12.9. The number of nitrogens with zero attached hydrogens (tertiary/aromatic N) is 3. The zero-order valence-corrected chi connectivity index (χ0v) is 17.9. The van der Waals surface area contributed by atoms with Crippen LogP contribution in [0, 0.1) is 0 Å². The summed E-state index contributed by atoms with van der Waals surface area (Å²) in [5, 5.41) is 0. The molecule has 0 unspecified atom stereocenters. The smallest absolute Gasteiger partial charge is 0.330 e. The lowest BCUT2D eigenvalue weighted by Crippen LogP contribution is -2.49. The highest BCUT2D eigenvalue weighted by Crippen LogP contribution is 2.18. The summed E-state index contributed by atoms with van der Waals surface area (Å²) in [7, 11) is 1.55. The van der Waals surface area contributed by atoms with Gasteiger partial charge in [-0.15, -0.1) is 0 Å². The molecule has 0 aliphatic carbocycles. The molecule has 0 bridgehead atoms. The Bertz CT molecular complexity index is 746. The number of aromatic amines is 1. The lowest BCUT2D eigenvalue weighted by molar-refractivity contribution is -0.133. The number of nitrogen functional groups attached to an aromatic ring is 1. The number of carbonyl (C=O) groups excluding carboxylic acids is 1. The molecule has 0 fully saturated rings. The Balaban J connectivity index is 3.35. The van der Waals surface area contributed by atoms with E-state index in [2.05, 4.69) is 4.98 Å². The van der Waals surface area contributed by atoms with Crippen molar-refractivity contribution in [3.05, 3.63) is 20.8 Å². The van der Waals surface area contributed by atoms with Crippen molar-refractivity contribution in [1.82, 2.24) is 14.5 Å². The number of rotatable bonds is 11. The molecule has 9 nitrogen and oxygen atoms in total. The average Bonchev–Trinajstić information content (AvgIpc) is 2.58. The second-order valence-electron chi connectivity index (χ2n) is 7.40. The minimum atomic E-state index is -0.597. The van der Waals surface area contributed by atoms with Crippen LogP contribution in [0.1, 0.15) is 47.5 Å². The van der Waals surface area contributed by atoms with Gasteiger partial charge in [-0.2, -0.15) is 0 Å². The van der Waals surface area contributed by atoms with Crippen molar-refractivity contribution in [2.24, 2.45) is 0 Å². The number of amides is 1. The first-order valence-corrected chi connectivity index (χ1v) is 9.83. The van der Waals surface area contributed by atoms with E-state index in [1.807, 2.05) is 34.6 Å². The van der Waals surface area contributed by atoms with Crippen molar-refractivity contribution in [1.29, 1.82) is 0 Å². The maximum Gasteiger partial charge on any atom is 0.330 e. The fourth-order valence-electron chi connectivity index (χ4n) is 3.31. The van der Waals surface area contributed by atoms with E-state index in [1.165, 1.54) is 4.57 Å². The Morgan fingerprint density at radius 2 is 1.82 bits per heavy atom. The lowest BCUT2D eigenvalue weighted by atomic mass is 10.2. The highest BCUT2D eigenvalue weighted by molar-refractivity contribution is 5.83. The van der Waals surface area contributed by atoms with Gasteiger partial charge in [-0.25, -0.2) is 4.79 Å². The van der Waals surface area contributed by atoms with Gasteiger partial charge < -0.3 is 20.3 Å². The fraction of sp³-hybridized carbons (Fsp3) is 0.737. The Morgan fingerprint density at radius 1 is 1.21 bits per heavy atom. The van der Waals surface area contributed by atoms with Crippen molar-refractivity contribution >= 4 is 17.4 Å². The van der Waals surface area contributed by atoms with E-state index in [4.69, 9.17) is 10.5 Å². The number of methoxy groups -OCH3 is 1. The van der Waals surface area contributed by atoms with Crippen molar-refractivity contribution in [3.8, 4) is 0 Å². The number of H-pyrrole nitrogens is 1. The van der Waals surface area contributed by atoms with Gasteiger partial charge in [0.2, 0.25) is 5.91 Å². The molecule has 3 N–H and O–H groups in total. The second-order valence-corrected chi connectivity index (χ2v) is 7.40. The monoisotopic (exact) mass is 397 g/mol. The molecule has 0 atom stereocenters. The highest BCUT2D eigenvalue weighted by atomic mass is 16.5. The van der Waals surface area contributed by atoms with Crippen LogP contribution >= 0.6 is 0 Å². The third kappa shape index (κ3) is 5.85. The zero-order chi connectivity index (χ0) is 21.4. The number of unbranched alkanes of at least 4 members (excludes halogenated alkanes) is 1. The van der Waals surface area contributed by atoms with Crippen LogP contribution in [0.4, 0.5) is 11.5 Å². The van der Waals surface area contributed by atoms with Gasteiger partial charge in [0, 0.05) is 32.3 Å². The first-order valence-electron chi connectivity index (χ1n) is 9.83. The number of aromatic nitrogens is 2. The molecule has 1 heterocycles. The van der Waals surface area contributed by atoms with Crippen LogP contribution < -0.4 is 21.9 Å². The van der Waals surface area contributed by atoms with Gasteiger partial charge in [0.1, 0.15) is 11.5 Å². The number of anilines is 2. The summed E-state index contributed by atoms with van der Waals surface area (Å²) in [5.74, 6) is -0.0436. The Labute approximate surface area is 166 Å². The molecular weight excluding hydrogens is 362 g/mol. The number of hydrogen-bond acceptors (Lipinski definition) is 6. The van der Waals surface area contributed by atoms with E-state index in [1.54, 1.807) is 16.9 Å². The highest BCUT2D eigenvalue weighted by Gasteiger charge is 2.26. The van der Waals surface area contributed by atoms with Crippen molar-refractivity contribution < 1.29 is 9.53 Å². The molecule has 1 aromatic rings. The second kappa shape index (κ2) is 10.9. The fourth-order valence-corrected chi connectivity index (χ4v) is 3.31. The molecule has 0 aliphatic rings. The van der Waals surface area contributed by atoms with Gasteiger partial charge in [-0.1, -0.05) is 13.3 Å². The van der Waals surface area contributed by atoms with Crippen molar-refractivity contribution in [3.63, 3.8) is 0 Å². The normalized spacial score (nSPS) is 11.3. The lowest BCUT2D eigenvalue weighted by Gasteiger charge is -2.34. The first-order chi connectivity index (χ1) is 13.1. The number of nitrogens with two attached hydrogens (primary N) is 1. The van der Waals surface area contributed by atoms with E-state index in [0.717, 1.165) is 12.8 Å².